The van der Waals surface area contributed by atoms with Crippen LogP contribution in [0.25, 0.3) is 0 Å². The molecule has 0 aliphatic heterocycles. The topological polar surface area (TPSA) is 26.9 Å². The average molecular weight is 123 g/mol. The van der Waals surface area contributed by atoms with Gasteiger partial charge in [0.15, 0.2) is 11.9 Å². The van der Waals surface area contributed by atoms with Crippen molar-refractivity contribution in [1.29, 1.82) is 0 Å². The molecule has 0 saturated carbocycles. The Hall–Kier alpha value is -0.890. The van der Waals surface area contributed by atoms with Gasteiger partial charge >= 0.3 is 0 Å². The lowest BCUT2D eigenvalue weighted by Crippen LogP contribution is -2.34. The second-order valence-corrected chi connectivity index (χ2v) is 1.95. The van der Waals surface area contributed by atoms with Crippen molar-refractivity contribution >= 4 is 0 Å². The highest BCUT2D eigenvalue weighted by Gasteiger charge is 1.94. The molecule has 0 unspecified atom stereocenters. The highest BCUT2D eigenvalue weighted by Crippen LogP contribution is 1.85. The van der Waals surface area contributed by atoms with Crippen molar-refractivity contribution in [3.8, 4) is 0 Å². The standard InChI is InChI=1S/C7H9NO/c1-8-5-3-2-4-7(8)6-9/h2-5H,6H2,1H3. The van der Waals surface area contributed by atoms with Gasteiger partial charge in [-0.1, -0.05) is 12.7 Å². The second-order valence-electron chi connectivity index (χ2n) is 1.95. The van der Waals surface area contributed by atoms with Crippen molar-refractivity contribution in [1.82, 2.24) is 0 Å². The van der Waals surface area contributed by atoms with Crippen molar-refractivity contribution in [3.05, 3.63) is 30.1 Å². The first-order valence-electron chi connectivity index (χ1n) is 2.86. The van der Waals surface area contributed by atoms with Gasteiger partial charge in [0.05, 0.1) is 0 Å². The van der Waals surface area contributed by atoms with Crippen LogP contribution in [0, 0.1) is 0 Å². The molecule has 0 amide bonds. The minimum Gasteiger partial charge on any atom is -0.847 e. The Balaban J connectivity index is 3.01. The highest BCUT2D eigenvalue weighted by atomic mass is 16.3. The van der Waals surface area contributed by atoms with Crippen LogP contribution in [0.4, 0.5) is 0 Å². The van der Waals surface area contributed by atoms with Crippen molar-refractivity contribution in [2.75, 3.05) is 0 Å². The molecule has 0 saturated heterocycles. The molecule has 0 aliphatic rings. The molecule has 48 valence electrons. The zero-order valence-electron chi connectivity index (χ0n) is 5.37. The number of nitrogens with zero attached hydrogens (tertiary/aromatic N) is 1. The Morgan fingerprint density at radius 1 is 1.56 bits per heavy atom. The summed E-state index contributed by atoms with van der Waals surface area (Å²) in [4.78, 5) is 0. The smallest absolute Gasteiger partial charge is 0.168 e. The highest BCUT2D eigenvalue weighted by molar-refractivity contribution is 4.94. The molecule has 2 nitrogen and oxygen atoms in total. The van der Waals surface area contributed by atoms with Crippen LogP contribution in [0.15, 0.2) is 24.4 Å². The van der Waals surface area contributed by atoms with E-state index in [1.165, 1.54) is 0 Å². The maximum absolute atomic E-state index is 10.3. The Labute approximate surface area is 54.4 Å². The van der Waals surface area contributed by atoms with Crippen molar-refractivity contribution in [2.45, 2.75) is 6.61 Å². The van der Waals surface area contributed by atoms with E-state index < -0.39 is 0 Å². The van der Waals surface area contributed by atoms with E-state index in [1.54, 1.807) is 0 Å². The van der Waals surface area contributed by atoms with Crippen LogP contribution in [0.1, 0.15) is 5.69 Å². The maximum Gasteiger partial charge on any atom is 0.168 e. The lowest BCUT2D eigenvalue weighted by molar-refractivity contribution is -0.689. The molecular formula is C7H9NO. The number of aromatic nitrogens is 1. The Kier molecular flexibility index (Phi) is 1.80. The molecule has 0 aromatic carbocycles. The molecule has 2 heteroatoms. The van der Waals surface area contributed by atoms with Gasteiger partial charge in [0.1, 0.15) is 7.05 Å². The molecule has 0 fully saturated rings. The third-order valence-corrected chi connectivity index (χ3v) is 1.31. The minimum atomic E-state index is -0.142. The summed E-state index contributed by atoms with van der Waals surface area (Å²) < 4.78 is 1.83. The van der Waals surface area contributed by atoms with Crippen LogP contribution < -0.4 is 9.67 Å². The van der Waals surface area contributed by atoms with E-state index in [1.807, 2.05) is 36.0 Å². The normalized spacial score (nSPS) is 9.56. The van der Waals surface area contributed by atoms with Gasteiger partial charge in [0.2, 0.25) is 0 Å². The van der Waals surface area contributed by atoms with Gasteiger partial charge in [-0.25, -0.2) is 4.57 Å². The number of aryl methyl sites for hydroxylation is 1. The lowest BCUT2D eigenvalue weighted by Gasteiger charge is -1.99. The zero-order valence-corrected chi connectivity index (χ0v) is 5.37. The molecular weight excluding hydrogens is 114 g/mol. The van der Waals surface area contributed by atoms with Crippen molar-refractivity contribution in [2.24, 2.45) is 7.05 Å². The fourth-order valence-corrected chi connectivity index (χ4v) is 0.709. The molecule has 1 aromatic rings. The fraction of sp³-hybridized carbons (Fsp3) is 0.286. The molecule has 1 rings (SSSR count). The van der Waals surface area contributed by atoms with Crippen LogP contribution in [0.5, 0.6) is 0 Å². The summed E-state index contributed by atoms with van der Waals surface area (Å²) in [6, 6.07) is 5.60. The number of pyridine rings is 1. The fourth-order valence-electron chi connectivity index (χ4n) is 0.709. The van der Waals surface area contributed by atoms with Gasteiger partial charge in [0, 0.05) is 12.1 Å². The van der Waals surface area contributed by atoms with Crippen LogP contribution in [0.2, 0.25) is 0 Å². The molecule has 0 N–H and O–H groups in total. The van der Waals surface area contributed by atoms with E-state index in [-0.39, 0.29) is 6.61 Å². The third-order valence-electron chi connectivity index (χ3n) is 1.31. The summed E-state index contributed by atoms with van der Waals surface area (Å²) in [6.07, 6.45) is 1.87. The van der Waals surface area contributed by atoms with Crippen molar-refractivity contribution < 1.29 is 9.67 Å². The third kappa shape index (κ3) is 1.27. The lowest BCUT2D eigenvalue weighted by atomic mass is 10.3. The van der Waals surface area contributed by atoms with Gasteiger partial charge in [-0.15, -0.1) is 0 Å². The molecule has 1 heterocycles. The van der Waals surface area contributed by atoms with Gasteiger partial charge < -0.3 is 5.11 Å². The Morgan fingerprint density at radius 3 is 2.78 bits per heavy atom. The first-order valence-corrected chi connectivity index (χ1v) is 2.86. The van der Waals surface area contributed by atoms with E-state index in [0.717, 1.165) is 5.69 Å². The summed E-state index contributed by atoms with van der Waals surface area (Å²) in [5, 5.41) is 10.3. The minimum absolute atomic E-state index is 0.142. The second kappa shape index (κ2) is 2.60. The summed E-state index contributed by atoms with van der Waals surface area (Å²) in [6.45, 7) is -0.142. The summed E-state index contributed by atoms with van der Waals surface area (Å²) in [5.74, 6) is 0. The van der Waals surface area contributed by atoms with Crippen LogP contribution in [0.3, 0.4) is 0 Å². The van der Waals surface area contributed by atoms with Crippen LogP contribution in [-0.2, 0) is 13.7 Å². The molecule has 0 spiro atoms. The van der Waals surface area contributed by atoms with E-state index in [2.05, 4.69) is 0 Å². The predicted octanol–water partition coefficient (Wildman–Crippen LogP) is -0.629. The summed E-state index contributed by atoms with van der Waals surface area (Å²) >= 11 is 0. The van der Waals surface area contributed by atoms with Gasteiger partial charge in [-0.3, -0.25) is 0 Å². The van der Waals surface area contributed by atoms with Gasteiger partial charge in [-0.05, 0) is 0 Å². The molecule has 0 radical (unpaired) electrons. The number of hydrogen-bond donors (Lipinski definition) is 0. The van der Waals surface area contributed by atoms with E-state index >= 15 is 0 Å². The van der Waals surface area contributed by atoms with Gasteiger partial charge in [0.25, 0.3) is 0 Å². The van der Waals surface area contributed by atoms with Crippen LogP contribution in [-0.4, -0.2) is 0 Å². The molecule has 9 heavy (non-hydrogen) atoms. The van der Waals surface area contributed by atoms with Crippen LogP contribution >= 0.6 is 0 Å². The molecule has 1 aromatic heterocycles. The first kappa shape index (κ1) is 6.23. The molecule has 0 atom stereocenters. The van der Waals surface area contributed by atoms with Gasteiger partial charge in [-0.2, -0.15) is 0 Å². The Morgan fingerprint density at radius 2 is 2.33 bits per heavy atom. The quantitative estimate of drug-likeness (QED) is 0.457. The average Bonchev–Trinajstić information content (AvgIpc) is 1.89. The molecule has 0 bridgehead atoms. The maximum atomic E-state index is 10.3. The first-order chi connectivity index (χ1) is 4.34. The SMILES string of the molecule is C[n+]1ccccc1C[O-]. The van der Waals surface area contributed by atoms with E-state index in [9.17, 15) is 5.11 Å². The number of rotatable bonds is 1. The zero-order chi connectivity index (χ0) is 6.69. The monoisotopic (exact) mass is 123 g/mol. The molecule has 0 aliphatic carbocycles. The largest absolute Gasteiger partial charge is 0.847 e. The van der Waals surface area contributed by atoms with E-state index in [0.29, 0.717) is 0 Å². The summed E-state index contributed by atoms with van der Waals surface area (Å²) in [5.41, 5.74) is 0.817. The number of hydrogen-bond acceptors (Lipinski definition) is 1. The van der Waals surface area contributed by atoms with Crippen molar-refractivity contribution in [3.63, 3.8) is 0 Å². The van der Waals surface area contributed by atoms with E-state index in [4.69, 9.17) is 0 Å². The summed E-state index contributed by atoms with van der Waals surface area (Å²) in [7, 11) is 1.87. The predicted molar refractivity (Wildman–Crippen MR) is 31.3 cm³/mol. The Bertz CT molecular complexity index is 198.